The molecule has 2 aromatic rings. The van der Waals surface area contributed by atoms with Gasteiger partial charge in [0, 0.05) is 24.0 Å². The summed E-state index contributed by atoms with van der Waals surface area (Å²) in [6.45, 7) is 1.60. The average Bonchev–Trinajstić information content (AvgIpc) is 3.05. The number of hydrogen-bond donors (Lipinski definition) is 1. The van der Waals surface area contributed by atoms with E-state index in [2.05, 4.69) is 5.32 Å². The first-order chi connectivity index (χ1) is 10.7. The highest BCUT2D eigenvalue weighted by Gasteiger charge is 2.23. The summed E-state index contributed by atoms with van der Waals surface area (Å²) < 4.78 is 13.0. The number of piperidine rings is 1. The van der Waals surface area contributed by atoms with Gasteiger partial charge in [0.05, 0.1) is 4.88 Å². The van der Waals surface area contributed by atoms with Crippen molar-refractivity contribution < 1.29 is 9.18 Å². The molecule has 0 atom stereocenters. The maximum atomic E-state index is 13.0. The van der Waals surface area contributed by atoms with Crippen molar-refractivity contribution in [1.29, 1.82) is 0 Å². The number of rotatable bonds is 3. The maximum Gasteiger partial charge on any atom is 0.263 e. The first kappa shape index (κ1) is 15.2. The lowest BCUT2D eigenvalue weighted by Gasteiger charge is -2.31. The second-order valence-corrected chi connectivity index (χ2v) is 6.61. The summed E-state index contributed by atoms with van der Waals surface area (Å²) >= 11 is 1.47. The highest BCUT2D eigenvalue weighted by molar-refractivity contribution is 7.17. The van der Waals surface area contributed by atoms with Gasteiger partial charge in [-0.15, -0.1) is 11.3 Å². The number of hydrogen-bond acceptors (Lipinski definition) is 3. The highest BCUT2D eigenvalue weighted by Crippen LogP contribution is 2.29. The van der Waals surface area contributed by atoms with Crippen LogP contribution in [0.3, 0.4) is 0 Å². The molecule has 1 aromatic heterocycles. The van der Waals surface area contributed by atoms with E-state index in [1.54, 1.807) is 12.1 Å². The van der Waals surface area contributed by atoms with Crippen LogP contribution in [0.4, 0.5) is 4.39 Å². The van der Waals surface area contributed by atoms with Crippen LogP contribution in [0.25, 0.3) is 10.4 Å². The third-order valence-corrected chi connectivity index (χ3v) is 5.26. The maximum absolute atomic E-state index is 13.0. The van der Waals surface area contributed by atoms with Gasteiger partial charge in [0.25, 0.3) is 5.91 Å². The first-order valence-corrected chi connectivity index (χ1v) is 8.31. The molecular weight excluding hydrogens is 299 g/mol. The van der Waals surface area contributed by atoms with Crippen molar-refractivity contribution in [1.82, 2.24) is 10.2 Å². The minimum Gasteiger partial charge on any atom is -0.338 e. The number of amides is 1. The van der Waals surface area contributed by atoms with Gasteiger partial charge in [0.2, 0.25) is 0 Å². The normalized spacial score (nSPS) is 16.0. The van der Waals surface area contributed by atoms with Crippen molar-refractivity contribution in [2.75, 3.05) is 20.1 Å². The number of benzene rings is 1. The predicted octanol–water partition coefficient (Wildman–Crippen LogP) is 3.38. The van der Waals surface area contributed by atoms with Crippen LogP contribution in [0, 0.1) is 5.82 Å². The Labute approximate surface area is 133 Å². The van der Waals surface area contributed by atoms with E-state index in [0.717, 1.165) is 41.2 Å². The SMILES string of the molecule is CNC1CCN(C(=O)c2ccc(-c3ccc(F)cc3)s2)CC1. The molecule has 3 rings (SSSR count). The second kappa shape index (κ2) is 6.58. The minimum atomic E-state index is -0.246. The van der Waals surface area contributed by atoms with Crippen LogP contribution in [0.2, 0.25) is 0 Å². The lowest BCUT2D eigenvalue weighted by molar-refractivity contribution is 0.0712. The molecule has 1 aliphatic rings. The molecule has 0 radical (unpaired) electrons. The Morgan fingerprint density at radius 3 is 2.50 bits per heavy atom. The average molecular weight is 318 g/mol. The quantitative estimate of drug-likeness (QED) is 0.941. The highest BCUT2D eigenvalue weighted by atomic mass is 32.1. The molecule has 0 saturated carbocycles. The number of nitrogens with one attached hydrogen (secondary N) is 1. The van der Waals surface area contributed by atoms with E-state index in [-0.39, 0.29) is 11.7 Å². The molecule has 1 amide bonds. The summed E-state index contributed by atoms with van der Waals surface area (Å²) in [4.78, 5) is 16.2. The standard InChI is InChI=1S/C17H19FN2OS/c1-19-14-8-10-20(11-9-14)17(21)16-7-6-15(22-16)12-2-4-13(18)5-3-12/h2-7,14,19H,8-11H2,1H3. The summed E-state index contributed by atoms with van der Waals surface area (Å²) in [5.74, 6) is -0.142. The van der Waals surface area contributed by atoms with E-state index in [0.29, 0.717) is 6.04 Å². The molecule has 5 heteroatoms. The molecular formula is C17H19FN2OS. The van der Waals surface area contributed by atoms with E-state index in [1.807, 2.05) is 24.1 Å². The number of likely N-dealkylation sites (tertiary alicyclic amines) is 1. The summed E-state index contributed by atoms with van der Waals surface area (Å²) in [6, 6.07) is 10.7. The molecule has 0 aliphatic carbocycles. The molecule has 2 heterocycles. The molecule has 0 unspecified atom stereocenters. The van der Waals surface area contributed by atoms with Crippen LogP contribution in [-0.4, -0.2) is 37.0 Å². The number of nitrogens with zero attached hydrogens (tertiary/aromatic N) is 1. The van der Waals surface area contributed by atoms with Crippen molar-refractivity contribution in [3.05, 3.63) is 47.1 Å². The Bertz CT molecular complexity index is 645. The fourth-order valence-electron chi connectivity index (χ4n) is 2.75. The van der Waals surface area contributed by atoms with Crippen LogP contribution in [0.15, 0.2) is 36.4 Å². The van der Waals surface area contributed by atoms with Gasteiger partial charge in [-0.1, -0.05) is 12.1 Å². The van der Waals surface area contributed by atoms with Crippen molar-refractivity contribution in [2.45, 2.75) is 18.9 Å². The van der Waals surface area contributed by atoms with Crippen LogP contribution < -0.4 is 5.32 Å². The monoisotopic (exact) mass is 318 g/mol. The third-order valence-electron chi connectivity index (χ3n) is 4.14. The molecule has 0 bridgehead atoms. The summed E-state index contributed by atoms with van der Waals surface area (Å²) in [5.41, 5.74) is 0.944. The van der Waals surface area contributed by atoms with Gasteiger partial charge in [0.1, 0.15) is 5.82 Å². The summed E-state index contributed by atoms with van der Waals surface area (Å²) in [6.07, 6.45) is 2.00. The number of thiophene rings is 1. The first-order valence-electron chi connectivity index (χ1n) is 7.49. The van der Waals surface area contributed by atoms with Crippen molar-refractivity contribution in [3.63, 3.8) is 0 Å². The largest absolute Gasteiger partial charge is 0.338 e. The van der Waals surface area contributed by atoms with Crippen LogP contribution >= 0.6 is 11.3 Å². The van der Waals surface area contributed by atoms with Crippen LogP contribution in [0.5, 0.6) is 0 Å². The molecule has 116 valence electrons. The Morgan fingerprint density at radius 2 is 1.86 bits per heavy atom. The van der Waals surface area contributed by atoms with Crippen molar-refractivity contribution in [3.8, 4) is 10.4 Å². The Hall–Kier alpha value is -1.72. The number of halogens is 1. The zero-order chi connectivity index (χ0) is 15.5. The van der Waals surface area contributed by atoms with Gasteiger partial charge < -0.3 is 10.2 Å². The number of carbonyl (C=O) groups is 1. The molecule has 1 saturated heterocycles. The molecule has 1 aliphatic heterocycles. The van der Waals surface area contributed by atoms with Gasteiger partial charge in [-0.05, 0) is 49.7 Å². The molecule has 0 spiro atoms. The minimum absolute atomic E-state index is 0.105. The number of carbonyl (C=O) groups excluding carboxylic acids is 1. The lowest BCUT2D eigenvalue weighted by atomic mass is 10.1. The Morgan fingerprint density at radius 1 is 1.18 bits per heavy atom. The van der Waals surface area contributed by atoms with Gasteiger partial charge in [-0.3, -0.25) is 4.79 Å². The van der Waals surface area contributed by atoms with Gasteiger partial charge >= 0.3 is 0 Å². The fourth-order valence-corrected chi connectivity index (χ4v) is 3.73. The summed E-state index contributed by atoms with van der Waals surface area (Å²) in [7, 11) is 1.97. The van der Waals surface area contributed by atoms with E-state index < -0.39 is 0 Å². The topological polar surface area (TPSA) is 32.3 Å². The van der Waals surface area contributed by atoms with Gasteiger partial charge in [0.15, 0.2) is 0 Å². The smallest absolute Gasteiger partial charge is 0.263 e. The Balaban J connectivity index is 1.71. The molecule has 1 N–H and O–H groups in total. The Kier molecular flexibility index (Phi) is 4.55. The second-order valence-electron chi connectivity index (χ2n) is 5.53. The molecule has 1 aromatic carbocycles. The van der Waals surface area contributed by atoms with Crippen LogP contribution in [0.1, 0.15) is 22.5 Å². The van der Waals surface area contributed by atoms with E-state index in [4.69, 9.17) is 0 Å². The molecule has 22 heavy (non-hydrogen) atoms. The summed E-state index contributed by atoms with van der Waals surface area (Å²) in [5, 5.41) is 3.27. The van der Waals surface area contributed by atoms with E-state index in [1.165, 1.54) is 23.5 Å². The molecule has 1 fully saturated rings. The predicted molar refractivity (Wildman–Crippen MR) is 87.7 cm³/mol. The van der Waals surface area contributed by atoms with Gasteiger partial charge in [-0.2, -0.15) is 0 Å². The van der Waals surface area contributed by atoms with E-state index in [9.17, 15) is 9.18 Å². The van der Waals surface area contributed by atoms with Crippen molar-refractivity contribution in [2.24, 2.45) is 0 Å². The van der Waals surface area contributed by atoms with Crippen molar-refractivity contribution >= 4 is 17.2 Å². The molecule has 3 nitrogen and oxygen atoms in total. The third kappa shape index (κ3) is 3.20. The lowest BCUT2D eigenvalue weighted by Crippen LogP contribution is -2.43. The zero-order valence-corrected chi connectivity index (χ0v) is 13.3. The fraction of sp³-hybridized carbons (Fsp3) is 0.353. The van der Waals surface area contributed by atoms with Gasteiger partial charge in [-0.25, -0.2) is 4.39 Å². The van der Waals surface area contributed by atoms with Crippen LogP contribution in [-0.2, 0) is 0 Å². The van der Waals surface area contributed by atoms with E-state index >= 15 is 0 Å². The zero-order valence-electron chi connectivity index (χ0n) is 12.5.